The van der Waals surface area contributed by atoms with Crippen LogP contribution in [0.25, 0.3) is 0 Å². The summed E-state index contributed by atoms with van der Waals surface area (Å²) in [5, 5.41) is 2.17. The monoisotopic (exact) mass is 365 g/mol. The van der Waals surface area contributed by atoms with Gasteiger partial charge in [-0.15, -0.1) is 0 Å². The Balaban J connectivity index is 2.36. The number of rotatable bonds is 5. The molecular weight excluding hydrogens is 357 g/mol. The highest BCUT2D eigenvalue weighted by Gasteiger charge is 2.35. The lowest BCUT2D eigenvalue weighted by Crippen LogP contribution is -2.17. The molecule has 1 aromatic heterocycles. The summed E-state index contributed by atoms with van der Waals surface area (Å²) in [5.41, 5.74) is -0.401. The second-order valence-electron chi connectivity index (χ2n) is 4.24. The molecule has 0 bridgehead atoms. The van der Waals surface area contributed by atoms with Crippen LogP contribution in [-0.4, -0.2) is 18.7 Å². The molecule has 0 aliphatic heterocycles. The van der Waals surface area contributed by atoms with Crippen molar-refractivity contribution in [2.45, 2.75) is 12.7 Å². The molecule has 1 heterocycles. The van der Waals surface area contributed by atoms with Gasteiger partial charge in [-0.2, -0.15) is 18.2 Å². The summed E-state index contributed by atoms with van der Waals surface area (Å²) in [6, 6.07) is 6.24. The van der Waals surface area contributed by atoms with Gasteiger partial charge in [-0.05, 0) is 23.2 Å². The zero-order chi connectivity index (χ0) is 17.0. The summed E-state index contributed by atoms with van der Waals surface area (Å²) in [5.74, 6) is -0.520. The van der Waals surface area contributed by atoms with Crippen LogP contribution in [0.5, 0.6) is 0 Å². The summed E-state index contributed by atoms with van der Waals surface area (Å²) in [6.45, 7) is -0.0978. The van der Waals surface area contributed by atoms with Crippen LogP contribution in [0.15, 0.2) is 30.5 Å². The molecule has 0 amide bonds. The molecule has 0 fully saturated rings. The van der Waals surface area contributed by atoms with Gasteiger partial charge in [0.25, 0.3) is 0 Å². The average molecular weight is 366 g/mol. The van der Waals surface area contributed by atoms with Gasteiger partial charge >= 0.3 is 6.18 Å². The van der Waals surface area contributed by atoms with Gasteiger partial charge in [0.1, 0.15) is 11.4 Å². The number of halogens is 4. The molecule has 0 aliphatic rings. The summed E-state index contributed by atoms with van der Waals surface area (Å²) in [4.78, 5) is 6.88. The first kappa shape index (κ1) is 17.6. The van der Waals surface area contributed by atoms with Crippen molar-refractivity contribution < 1.29 is 21.9 Å². The molecule has 0 spiro atoms. The van der Waals surface area contributed by atoms with Crippen molar-refractivity contribution in [1.29, 1.82) is 0 Å². The Morgan fingerprint density at radius 3 is 2.65 bits per heavy atom. The van der Waals surface area contributed by atoms with Crippen LogP contribution in [0.3, 0.4) is 0 Å². The molecule has 124 valence electrons. The zero-order valence-corrected chi connectivity index (χ0v) is 12.8. The number of hydrogen-bond donors (Lipinski definition) is 2. The minimum absolute atomic E-state index is 0.0978. The normalized spacial score (nSPS) is 12.9. The van der Waals surface area contributed by atoms with Crippen LogP contribution in [-0.2, 0) is 24.0 Å². The fourth-order valence-electron chi connectivity index (χ4n) is 1.72. The van der Waals surface area contributed by atoms with Crippen LogP contribution >= 0.6 is 11.6 Å². The minimum atomic E-state index is -4.67. The number of para-hydroxylation sites is 1. The molecule has 1 atom stereocenters. The van der Waals surface area contributed by atoms with Gasteiger partial charge in [-0.3, -0.25) is 4.21 Å². The second-order valence-corrected chi connectivity index (χ2v) is 5.33. The number of benzene rings is 1. The Morgan fingerprint density at radius 2 is 2.00 bits per heavy atom. The van der Waals surface area contributed by atoms with Crippen LogP contribution < -0.4 is 10.0 Å². The standard InChI is InChI=1S/C12H10ClF3N4O2S/c13-11-17-6-8(12(14,15)16)10(20-11)19-9-4-2-1-3-7(9)5-18-23(21)22/h1-4,6,18H,5H2,(H,21,22)(H,17,19,20)/p-1. The predicted octanol–water partition coefficient (Wildman–Crippen LogP) is 2.78. The van der Waals surface area contributed by atoms with E-state index in [-0.39, 0.29) is 17.5 Å². The molecule has 0 saturated carbocycles. The minimum Gasteiger partial charge on any atom is -0.760 e. The first-order chi connectivity index (χ1) is 10.8. The maximum absolute atomic E-state index is 13.0. The lowest BCUT2D eigenvalue weighted by molar-refractivity contribution is -0.137. The maximum atomic E-state index is 13.0. The number of aromatic nitrogens is 2. The average Bonchev–Trinajstić information content (AvgIpc) is 2.45. The van der Waals surface area contributed by atoms with Gasteiger partial charge in [0.2, 0.25) is 5.28 Å². The van der Waals surface area contributed by atoms with E-state index in [1.54, 1.807) is 18.2 Å². The third-order valence-electron chi connectivity index (χ3n) is 2.72. The number of alkyl halides is 3. The van der Waals surface area contributed by atoms with Crippen molar-refractivity contribution in [2.75, 3.05) is 5.32 Å². The molecule has 2 N–H and O–H groups in total. The molecule has 0 saturated heterocycles. The van der Waals surface area contributed by atoms with Gasteiger partial charge in [0, 0.05) is 29.7 Å². The molecule has 1 unspecified atom stereocenters. The number of nitrogens with one attached hydrogen (secondary N) is 2. The lowest BCUT2D eigenvalue weighted by atomic mass is 10.1. The molecule has 23 heavy (non-hydrogen) atoms. The Labute approximate surface area is 136 Å². The fourth-order valence-corrected chi connectivity index (χ4v) is 2.13. The van der Waals surface area contributed by atoms with E-state index in [0.29, 0.717) is 11.8 Å². The number of anilines is 2. The first-order valence-corrected chi connectivity index (χ1v) is 7.50. The van der Waals surface area contributed by atoms with Crippen LogP contribution in [0.4, 0.5) is 24.7 Å². The highest BCUT2D eigenvalue weighted by atomic mass is 35.5. The topological polar surface area (TPSA) is 90.0 Å². The molecule has 2 aromatic rings. The smallest absolute Gasteiger partial charge is 0.421 e. The van der Waals surface area contributed by atoms with E-state index >= 15 is 0 Å². The van der Waals surface area contributed by atoms with E-state index in [2.05, 4.69) is 20.0 Å². The third kappa shape index (κ3) is 4.86. The molecule has 2 rings (SSSR count). The molecule has 6 nitrogen and oxygen atoms in total. The van der Waals surface area contributed by atoms with Crippen molar-refractivity contribution in [2.24, 2.45) is 0 Å². The van der Waals surface area contributed by atoms with Gasteiger partial charge in [0.05, 0.1) is 0 Å². The van der Waals surface area contributed by atoms with E-state index in [0.717, 1.165) is 0 Å². The maximum Gasteiger partial charge on any atom is 0.421 e. The van der Waals surface area contributed by atoms with Gasteiger partial charge in [-0.25, -0.2) is 9.71 Å². The largest absolute Gasteiger partial charge is 0.760 e. The van der Waals surface area contributed by atoms with E-state index < -0.39 is 28.8 Å². The molecule has 0 radical (unpaired) electrons. The first-order valence-electron chi connectivity index (χ1n) is 6.05. The van der Waals surface area contributed by atoms with Crippen molar-refractivity contribution in [3.05, 3.63) is 46.9 Å². The van der Waals surface area contributed by atoms with E-state index in [1.165, 1.54) is 6.07 Å². The van der Waals surface area contributed by atoms with E-state index in [4.69, 9.17) is 11.6 Å². The van der Waals surface area contributed by atoms with Crippen molar-refractivity contribution in [3.63, 3.8) is 0 Å². The summed E-state index contributed by atoms with van der Waals surface area (Å²) in [6.07, 6.45) is -4.10. The number of nitrogens with zero attached hydrogens (tertiary/aromatic N) is 2. The highest BCUT2D eigenvalue weighted by Crippen LogP contribution is 2.35. The van der Waals surface area contributed by atoms with Crippen LogP contribution in [0.2, 0.25) is 5.28 Å². The van der Waals surface area contributed by atoms with Crippen LogP contribution in [0.1, 0.15) is 11.1 Å². The van der Waals surface area contributed by atoms with E-state index in [1.807, 2.05) is 0 Å². The molecular formula is C12H9ClF3N4O2S-. The second kappa shape index (κ2) is 7.21. The van der Waals surface area contributed by atoms with Gasteiger partial charge < -0.3 is 9.87 Å². The van der Waals surface area contributed by atoms with Crippen molar-refractivity contribution in [1.82, 2.24) is 14.7 Å². The van der Waals surface area contributed by atoms with Crippen molar-refractivity contribution in [3.8, 4) is 0 Å². The van der Waals surface area contributed by atoms with Crippen molar-refractivity contribution >= 4 is 34.4 Å². The Bertz CT molecular complexity index is 730. The molecule has 11 heteroatoms. The summed E-state index contributed by atoms with van der Waals surface area (Å²) in [7, 11) is 0. The third-order valence-corrected chi connectivity index (χ3v) is 3.28. The van der Waals surface area contributed by atoms with E-state index in [9.17, 15) is 21.9 Å². The quantitative estimate of drug-likeness (QED) is 0.628. The fraction of sp³-hybridized carbons (Fsp3) is 0.167. The number of hydrogen-bond acceptors (Lipinski definition) is 5. The lowest BCUT2D eigenvalue weighted by Gasteiger charge is -2.16. The summed E-state index contributed by atoms with van der Waals surface area (Å²) >= 11 is 3.05. The Hall–Kier alpha value is -1.75. The SMILES string of the molecule is O=S([O-])NCc1ccccc1Nc1nc(Cl)ncc1C(F)(F)F. The van der Waals surface area contributed by atoms with Gasteiger partial charge in [0.15, 0.2) is 0 Å². The highest BCUT2D eigenvalue weighted by molar-refractivity contribution is 7.77. The van der Waals surface area contributed by atoms with Crippen LogP contribution in [0, 0.1) is 0 Å². The summed E-state index contributed by atoms with van der Waals surface area (Å²) < 4.78 is 62.2. The zero-order valence-electron chi connectivity index (χ0n) is 11.2. The molecule has 0 aliphatic carbocycles. The predicted molar refractivity (Wildman–Crippen MR) is 77.5 cm³/mol. The van der Waals surface area contributed by atoms with Gasteiger partial charge in [-0.1, -0.05) is 18.2 Å². The molecule has 1 aromatic carbocycles. The Kier molecular flexibility index (Phi) is 5.52. The Morgan fingerprint density at radius 1 is 1.30 bits per heavy atom.